The molecule has 0 fully saturated rings. The van der Waals surface area contributed by atoms with E-state index in [0.29, 0.717) is 18.4 Å². The van der Waals surface area contributed by atoms with Crippen LogP contribution in [0.1, 0.15) is 12.8 Å². The van der Waals surface area contributed by atoms with Crippen LogP contribution in [0.25, 0.3) is 10.9 Å². The van der Waals surface area contributed by atoms with Gasteiger partial charge in [0.2, 0.25) is 11.3 Å². The lowest BCUT2D eigenvalue weighted by Gasteiger charge is -2.22. The van der Waals surface area contributed by atoms with E-state index in [1.54, 1.807) is 22.5 Å². The van der Waals surface area contributed by atoms with Gasteiger partial charge in [-0.25, -0.2) is 0 Å². The van der Waals surface area contributed by atoms with E-state index in [9.17, 15) is 9.59 Å². The number of para-hydroxylation sites is 2. The maximum absolute atomic E-state index is 12.9. The molecule has 2 aromatic carbocycles. The number of anilines is 1. The van der Waals surface area contributed by atoms with Crippen molar-refractivity contribution in [3.05, 3.63) is 65.0 Å². The van der Waals surface area contributed by atoms with Crippen LogP contribution in [0, 0.1) is 0 Å². The zero-order chi connectivity index (χ0) is 17.9. The number of fused-ring (bicyclic) bond motifs is 2. The molecule has 0 saturated carbocycles. The number of carbonyl (C=O) groups is 1. The van der Waals surface area contributed by atoms with Crippen molar-refractivity contribution < 1.29 is 4.79 Å². The molecule has 1 aliphatic heterocycles. The highest BCUT2D eigenvalue weighted by atomic mass is 32.2. The van der Waals surface area contributed by atoms with Gasteiger partial charge in [0, 0.05) is 23.2 Å². The molecule has 1 aliphatic rings. The van der Waals surface area contributed by atoms with Crippen molar-refractivity contribution in [2.75, 3.05) is 17.2 Å². The Bertz CT molecular complexity index is 1020. The second-order valence-electron chi connectivity index (χ2n) is 6.21. The van der Waals surface area contributed by atoms with Gasteiger partial charge in [-0.3, -0.25) is 14.3 Å². The van der Waals surface area contributed by atoms with Crippen LogP contribution in [0.15, 0.2) is 64.4 Å². The Morgan fingerprint density at radius 2 is 1.92 bits per heavy atom. The molecule has 0 N–H and O–H groups in total. The van der Waals surface area contributed by atoms with Crippen molar-refractivity contribution >= 4 is 34.3 Å². The summed E-state index contributed by atoms with van der Waals surface area (Å²) in [4.78, 5) is 27.9. The highest BCUT2D eigenvalue weighted by molar-refractivity contribution is 7.99. The van der Waals surface area contributed by atoms with Gasteiger partial charge in [0.25, 0.3) is 0 Å². The number of aromatic nitrogens is 2. The van der Waals surface area contributed by atoms with Crippen molar-refractivity contribution in [1.29, 1.82) is 0 Å². The summed E-state index contributed by atoms with van der Waals surface area (Å²) in [7, 11) is 0. The molecular formula is C20H19N3O2S. The first-order chi connectivity index (χ1) is 12.7. The summed E-state index contributed by atoms with van der Waals surface area (Å²) in [6.07, 6.45) is 2.65. The maximum atomic E-state index is 12.9. The number of benzene rings is 2. The SMILES string of the molecule is O=C(CCn1ncc(=O)c2ccccc21)N1CCCSc2ccccc21. The molecule has 26 heavy (non-hydrogen) atoms. The van der Waals surface area contributed by atoms with Crippen molar-refractivity contribution in [2.45, 2.75) is 24.3 Å². The Labute approximate surface area is 155 Å². The van der Waals surface area contributed by atoms with Gasteiger partial charge < -0.3 is 4.90 Å². The summed E-state index contributed by atoms with van der Waals surface area (Å²) >= 11 is 1.80. The first kappa shape index (κ1) is 16.8. The molecule has 4 rings (SSSR count). The molecule has 0 aliphatic carbocycles. The number of rotatable bonds is 3. The van der Waals surface area contributed by atoms with Crippen LogP contribution in [0.2, 0.25) is 0 Å². The Morgan fingerprint density at radius 1 is 1.12 bits per heavy atom. The first-order valence-corrected chi connectivity index (χ1v) is 9.70. The summed E-state index contributed by atoms with van der Waals surface area (Å²) in [5.74, 6) is 1.11. The lowest BCUT2D eigenvalue weighted by Crippen LogP contribution is -2.32. The van der Waals surface area contributed by atoms with E-state index >= 15 is 0 Å². The molecule has 0 spiro atoms. The van der Waals surface area contributed by atoms with Gasteiger partial charge in [0.15, 0.2) is 0 Å². The zero-order valence-electron chi connectivity index (χ0n) is 14.3. The lowest BCUT2D eigenvalue weighted by atomic mass is 10.2. The molecule has 2 heterocycles. The van der Waals surface area contributed by atoms with Gasteiger partial charge in [0.05, 0.1) is 23.9 Å². The summed E-state index contributed by atoms with van der Waals surface area (Å²) < 4.78 is 1.74. The van der Waals surface area contributed by atoms with Crippen LogP contribution >= 0.6 is 11.8 Å². The third-order valence-electron chi connectivity index (χ3n) is 4.54. The van der Waals surface area contributed by atoms with Gasteiger partial charge in [-0.1, -0.05) is 24.3 Å². The number of hydrogen-bond donors (Lipinski definition) is 0. The average Bonchev–Trinajstić information content (AvgIpc) is 2.90. The van der Waals surface area contributed by atoms with Crippen LogP contribution in [0.3, 0.4) is 0 Å². The molecule has 132 valence electrons. The van der Waals surface area contributed by atoms with Gasteiger partial charge in [-0.2, -0.15) is 5.10 Å². The minimum Gasteiger partial charge on any atom is -0.311 e. The van der Waals surface area contributed by atoms with Crippen molar-refractivity contribution in [3.8, 4) is 0 Å². The van der Waals surface area contributed by atoms with Crippen molar-refractivity contribution in [2.24, 2.45) is 0 Å². The molecule has 5 nitrogen and oxygen atoms in total. The molecule has 0 atom stereocenters. The Hall–Kier alpha value is -2.60. The summed E-state index contributed by atoms with van der Waals surface area (Å²) in [5.41, 5.74) is 1.67. The largest absolute Gasteiger partial charge is 0.311 e. The smallest absolute Gasteiger partial charge is 0.228 e. The molecule has 0 bridgehead atoms. The third kappa shape index (κ3) is 3.24. The van der Waals surface area contributed by atoms with E-state index < -0.39 is 0 Å². The Kier molecular flexibility index (Phi) is 4.75. The second kappa shape index (κ2) is 7.33. The predicted octanol–water partition coefficient (Wildman–Crippen LogP) is 3.32. The predicted molar refractivity (Wildman–Crippen MR) is 105 cm³/mol. The summed E-state index contributed by atoms with van der Waals surface area (Å²) in [5, 5.41) is 4.85. The van der Waals surface area contributed by atoms with E-state index in [4.69, 9.17) is 0 Å². The Balaban J connectivity index is 1.57. The number of amides is 1. The monoisotopic (exact) mass is 365 g/mol. The molecule has 0 saturated heterocycles. The number of aryl methyl sites for hydroxylation is 1. The van der Waals surface area contributed by atoms with E-state index in [2.05, 4.69) is 11.2 Å². The fourth-order valence-corrected chi connectivity index (χ4v) is 4.26. The molecular weight excluding hydrogens is 346 g/mol. The van der Waals surface area contributed by atoms with Crippen molar-refractivity contribution in [1.82, 2.24) is 9.78 Å². The normalized spacial score (nSPS) is 14.1. The minimum atomic E-state index is -0.0957. The lowest BCUT2D eigenvalue weighted by molar-refractivity contribution is -0.118. The fraction of sp³-hybridized carbons (Fsp3) is 0.250. The van der Waals surface area contributed by atoms with Crippen LogP contribution in [0.4, 0.5) is 5.69 Å². The standard InChI is InChI=1S/C20H19N3O2S/c24-18-14-21-23(16-7-2-1-6-15(16)18)12-10-20(25)22-11-5-13-26-19-9-4-3-8-17(19)22/h1-4,6-9,14H,5,10-13H2. The number of hydrogen-bond acceptors (Lipinski definition) is 4. The molecule has 0 radical (unpaired) electrons. The van der Waals surface area contributed by atoms with E-state index in [-0.39, 0.29) is 11.3 Å². The average molecular weight is 365 g/mol. The van der Waals surface area contributed by atoms with Crippen LogP contribution in [-0.4, -0.2) is 28.0 Å². The number of carbonyl (C=O) groups excluding carboxylic acids is 1. The van der Waals surface area contributed by atoms with E-state index in [0.717, 1.165) is 34.8 Å². The van der Waals surface area contributed by atoms with E-state index in [1.165, 1.54) is 6.20 Å². The van der Waals surface area contributed by atoms with Gasteiger partial charge in [-0.15, -0.1) is 11.8 Å². The van der Waals surface area contributed by atoms with Crippen LogP contribution in [0.5, 0.6) is 0 Å². The highest BCUT2D eigenvalue weighted by Gasteiger charge is 2.21. The minimum absolute atomic E-state index is 0.0875. The number of nitrogens with zero attached hydrogens (tertiary/aromatic N) is 3. The first-order valence-electron chi connectivity index (χ1n) is 8.71. The van der Waals surface area contributed by atoms with Gasteiger partial charge >= 0.3 is 0 Å². The number of thioether (sulfide) groups is 1. The van der Waals surface area contributed by atoms with Crippen molar-refractivity contribution in [3.63, 3.8) is 0 Å². The van der Waals surface area contributed by atoms with Gasteiger partial charge in [-0.05, 0) is 36.4 Å². The van der Waals surface area contributed by atoms with Crippen LogP contribution in [-0.2, 0) is 11.3 Å². The van der Waals surface area contributed by atoms with E-state index in [1.807, 2.05) is 41.3 Å². The molecule has 1 aromatic heterocycles. The molecule has 6 heteroatoms. The summed E-state index contributed by atoms with van der Waals surface area (Å²) in [6, 6.07) is 15.4. The maximum Gasteiger partial charge on any atom is 0.228 e. The van der Waals surface area contributed by atoms with Crippen LogP contribution < -0.4 is 10.3 Å². The van der Waals surface area contributed by atoms with Gasteiger partial charge in [0.1, 0.15) is 0 Å². The highest BCUT2D eigenvalue weighted by Crippen LogP contribution is 2.33. The fourth-order valence-electron chi connectivity index (χ4n) is 3.26. The topological polar surface area (TPSA) is 55.2 Å². The zero-order valence-corrected chi connectivity index (χ0v) is 15.1. The summed E-state index contributed by atoms with van der Waals surface area (Å²) in [6.45, 7) is 1.19. The molecule has 0 unspecified atom stereocenters. The second-order valence-corrected chi connectivity index (χ2v) is 7.35. The quantitative estimate of drug-likeness (QED) is 0.714. The molecule has 1 amide bonds. The Morgan fingerprint density at radius 3 is 2.85 bits per heavy atom. The molecule has 3 aromatic rings. The third-order valence-corrected chi connectivity index (χ3v) is 5.69.